The van der Waals surface area contributed by atoms with Gasteiger partial charge in [-0.25, -0.2) is 8.42 Å². The molecule has 0 fully saturated rings. The van der Waals surface area contributed by atoms with E-state index in [-0.39, 0.29) is 21.5 Å². The third kappa shape index (κ3) is 5.34. The molecule has 0 bridgehead atoms. The van der Waals surface area contributed by atoms with E-state index in [2.05, 4.69) is 5.32 Å². The van der Waals surface area contributed by atoms with Crippen LogP contribution in [-0.2, 0) is 21.4 Å². The Bertz CT molecular complexity index is 1130. The highest BCUT2D eigenvalue weighted by Crippen LogP contribution is 2.29. The van der Waals surface area contributed by atoms with Crippen LogP contribution < -0.4 is 10.1 Å². The number of carbonyl (C=O) groups is 1. The first-order chi connectivity index (χ1) is 14.3. The Morgan fingerprint density at radius 3 is 2.63 bits per heavy atom. The minimum absolute atomic E-state index is 0.00273. The van der Waals surface area contributed by atoms with E-state index in [1.165, 1.54) is 31.6 Å². The fourth-order valence-electron chi connectivity index (χ4n) is 2.68. The fraction of sp³-hybridized carbons (Fsp3) is 0.150. The summed E-state index contributed by atoms with van der Waals surface area (Å²) in [5, 5.41) is 2.86. The molecular formula is C20H18Cl2N2O5S. The number of rotatable bonds is 8. The molecule has 0 radical (unpaired) electrons. The lowest BCUT2D eigenvalue weighted by molar-refractivity contribution is -0.116. The number of halogens is 2. The summed E-state index contributed by atoms with van der Waals surface area (Å²) < 4.78 is 37.9. The van der Waals surface area contributed by atoms with Gasteiger partial charge in [-0.05, 0) is 42.5 Å². The van der Waals surface area contributed by atoms with Gasteiger partial charge < -0.3 is 14.5 Å². The van der Waals surface area contributed by atoms with Gasteiger partial charge in [0.15, 0.2) is 0 Å². The summed E-state index contributed by atoms with van der Waals surface area (Å²) in [5.74, 6) is 0.376. The SMILES string of the molecule is COc1cccc(NC(=O)CN(Cc2ccco2)S(=O)(=O)c2cc(Cl)ccc2Cl)c1. The number of methoxy groups -OCH3 is 1. The molecule has 0 aliphatic heterocycles. The second-order valence-corrected chi connectivity index (χ2v) is 8.96. The molecule has 158 valence electrons. The number of nitrogens with one attached hydrogen (secondary N) is 1. The van der Waals surface area contributed by atoms with Crippen molar-refractivity contribution in [2.24, 2.45) is 0 Å². The predicted molar refractivity (Wildman–Crippen MR) is 114 cm³/mol. The zero-order chi connectivity index (χ0) is 21.7. The number of benzene rings is 2. The lowest BCUT2D eigenvalue weighted by Gasteiger charge is -2.21. The predicted octanol–water partition coefficient (Wildman–Crippen LogP) is 4.42. The second-order valence-electron chi connectivity index (χ2n) is 6.21. The summed E-state index contributed by atoms with van der Waals surface area (Å²) in [7, 11) is -2.65. The molecule has 1 amide bonds. The summed E-state index contributed by atoms with van der Waals surface area (Å²) in [4.78, 5) is 12.4. The molecule has 0 spiro atoms. The smallest absolute Gasteiger partial charge is 0.245 e. The van der Waals surface area contributed by atoms with Crippen LogP contribution in [0.5, 0.6) is 5.75 Å². The van der Waals surface area contributed by atoms with E-state index in [0.717, 1.165) is 4.31 Å². The number of anilines is 1. The van der Waals surface area contributed by atoms with E-state index in [4.69, 9.17) is 32.4 Å². The van der Waals surface area contributed by atoms with Crippen molar-refractivity contribution in [3.63, 3.8) is 0 Å². The van der Waals surface area contributed by atoms with Crippen LogP contribution >= 0.6 is 23.2 Å². The molecule has 1 aromatic heterocycles. The Morgan fingerprint density at radius 1 is 1.13 bits per heavy atom. The van der Waals surface area contributed by atoms with Gasteiger partial charge in [-0.2, -0.15) is 4.31 Å². The second kappa shape index (κ2) is 9.53. The summed E-state index contributed by atoms with van der Waals surface area (Å²) in [6.07, 6.45) is 1.42. The Balaban J connectivity index is 1.88. The molecule has 0 atom stereocenters. The van der Waals surface area contributed by atoms with Gasteiger partial charge in [0.1, 0.15) is 16.4 Å². The van der Waals surface area contributed by atoms with E-state index in [0.29, 0.717) is 17.2 Å². The molecule has 30 heavy (non-hydrogen) atoms. The van der Waals surface area contributed by atoms with Crippen LogP contribution in [0.4, 0.5) is 5.69 Å². The van der Waals surface area contributed by atoms with Crippen molar-refractivity contribution in [3.05, 3.63) is 76.7 Å². The number of hydrogen-bond acceptors (Lipinski definition) is 5. The van der Waals surface area contributed by atoms with Crippen LogP contribution in [0.1, 0.15) is 5.76 Å². The van der Waals surface area contributed by atoms with E-state index in [9.17, 15) is 13.2 Å². The maximum Gasteiger partial charge on any atom is 0.245 e. The number of nitrogens with zero attached hydrogens (tertiary/aromatic N) is 1. The molecule has 1 N–H and O–H groups in total. The molecule has 0 saturated heterocycles. The summed E-state index contributed by atoms with van der Waals surface area (Å²) >= 11 is 12.1. The molecule has 3 rings (SSSR count). The third-order valence-corrected chi connectivity index (χ3v) is 6.61. The average Bonchev–Trinajstić information content (AvgIpc) is 3.22. The Kier molecular flexibility index (Phi) is 7.04. The third-order valence-electron chi connectivity index (χ3n) is 4.10. The van der Waals surface area contributed by atoms with Gasteiger partial charge in [0.05, 0.1) is 31.5 Å². The zero-order valence-electron chi connectivity index (χ0n) is 15.8. The van der Waals surface area contributed by atoms with Crippen LogP contribution in [0.2, 0.25) is 10.0 Å². The number of amides is 1. The van der Waals surface area contributed by atoms with E-state index >= 15 is 0 Å². The normalized spacial score (nSPS) is 11.5. The van der Waals surface area contributed by atoms with Crippen molar-refractivity contribution in [3.8, 4) is 5.75 Å². The van der Waals surface area contributed by atoms with Crippen LogP contribution in [0.3, 0.4) is 0 Å². The Labute approximate surface area is 184 Å². The van der Waals surface area contributed by atoms with Crippen LogP contribution in [0.25, 0.3) is 0 Å². The lowest BCUT2D eigenvalue weighted by atomic mass is 10.3. The summed E-state index contributed by atoms with van der Waals surface area (Å²) in [6.45, 7) is -0.632. The van der Waals surface area contributed by atoms with E-state index in [1.807, 2.05) is 0 Å². The standard InChI is InChI=1S/C20H18Cl2N2O5S/c1-28-16-5-2-4-15(11-16)23-20(25)13-24(12-17-6-3-9-29-17)30(26,27)19-10-14(21)7-8-18(19)22/h2-11H,12-13H2,1H3,(H,23,25). The maximum absolute atomic E-state index is 13.3. The Morgan fingerprint density at radius 2 is 1.93 bits per heavy atom. The van der Waals surface area contributed by atoms with Gasteiger partial charge >= 0.3 is 0 Å². The number of ether oxygens (including phenoxy) is 1. The van der Waals surface area contributed by atoms with Gasteiger partial charge in [0, 0.05) is 16.8 Å². The number of furan rings is 1. The van der Waals surface area contributed by atoms with Crippen LogP contribution in [0, 0.1) is 0 Å². The van der Waals surface area contributed by atoms with Crippen molar-refractivity contribution in [1.29, 1.82) is 0 Å². The molecule has 2 aromatic carbocycles. The minimum Gasteiger partial charge on any atom is -0.497 e. The van der Waals surface area contributed by atoms with Gasteiger partial charge in [0.2, 0.25) is 15.9 Å². The summed E-state index contributed by atoms with van der Waals surface area (Å²) in [6, 6.07) is 14.1. The molecule has 0 aliphatic rings. The van der Waals surface area contributed by atoms with E-state index in [1.54, 1.807) is 36.4 Å². The van der Waals surface area contributed by atoms with Gasteiger partial charge in [-0.3, -0.25) is 4.79 Å². The first-order valence-electron chi connectivity index (χ1n) is 8.71. The van der Waals surface area contributed by atoms with Crippen LogP contribution in [0.15, 0.2) is 70.2 Å². The van der Waals surface area contributed by atoms with Crippen molar-refractivity contribution >= 4 is 44.8 Å². The monoisotopic (exact) mass is 468 g/mol. The molecule has 0 aliphatic carbocycles. The number of sulfonamides is 1. The zero-order valence-corrected chi connectivity index (χ0v) is 18.2. The van der Waals surface area contributed by atoms with E-state index < -0.39 is 22.5 Å². The molecule has 0 saturated carbocycles. The number of carbonyl (C=O) groups excluding carboxylic acids is 1. The molecule has 10 heteroatoms. The first-order valence-corrected chi connectivity index (χ1v) is 10.9. The van der Waals surface area contributed by atoms with Crippen molar-refractivity contribution in [1.82, 2.24) is 4.31 Å². The highest BCUT2D eigenvalue weighted by molar-refractivity contribution is 7.89. The molecule has 3 aromatic rings. The van der Waals surface area contributed by atoms with Crippen molar-refractivity contribution in [2.45, 2.75) is 11.4 Å². The largest absolute Gasteiger partial charge is 0.497 e. The molecule has 1 heterocycles. The highest BCUT2D eigenvalue weighted by Gasteiger charge is 2.30. The summed E-state index contributed by atoms with van der Waals surface area (Å²) in [5.41, 5.74) is 0.468. The Hall–Kier alpha value is -2.52. The average molecular weight is 469 g/mol. The lowest BCUT2D eigenvalue weighted by Crippen LogP contribution is -2.37. The topological polar surface area (TPSA) is 88.8 Å². The molecule has 7 nitrogen and oxygen atoms in total. The number of hydrogen-bond donors (Lipinski definition) is 1. The van der Waals surface area contributed by atoms with Gasteiger partial charge in [0.25, 0.3) is 0 Å². The quantitative estimate of drug-likeness (QED) is 0.528. The van der Waals surface area contributed by atoms with Crippen LogP contribution in [-0.4, -0.2) is 32.3 Å². The van der Waals surface area contributed by atoms with Crippen molar-refractivity contribution in [2.75, 3.05) is 19.0 Å². The highest BCUT2D eigenvalue weighted by atomic mass is 35.5. The first kappa shape index (κ1) is 22.2. The maximum atomic E-state index is 13.3. The minimum atomic E-state index is -4.16. The molecular weight excluding hydrogens is 451 g/mol. The fourth-order valence-corrected chi connectivity index (χ4v) is 4.78. The van der Waals surface area contributed by atoms with Gasteiger partial charge in [-0.1, -0.05) is 29.3 Å². The molecule has 0 unspecified atom stereocenters. The van der Waals surface area contributed by atoms with Gasteiger partial charge in [-0.15, -0.1) is 0 Å². The van der Waals surface area contributed by atoms with Crippen molar-refractivity contribution < 1.29 is 22.4 Å².